The van der Waals surface area contributed by atoms with Crippen LogP contribution in [0.2, 0.25) is 0 Å². The van der Waals surface area contributed by atoms with Gasteiger partial charge in [-0.05, 0) is 30.5 Å². The van der Waals surface area contributed by atoms with Crippen LogP contribution in [0.3, 0.4) is 0 Å². The predicted molar refractivity (Wildman–Crippen MR) is 75.6 cm³/mol. The van der Waals surface area contributed by atoms with E-state index in [2.05, 4.69) is 22.1 Å². The number of aliphatic hydroxyl groups excluding tert-OH is 1. The Labute approximate surface area is 113 Å². The van der Waals surface area contributed by atoms with Crippen molar-refractivity contribution >= 4 is 10.9 Å². The van der Waals surface area contributed by atoms with Crippen molar-refractivity contribution in [2.75, 3.05) is 26.8 Å². The van der Waals surface area contributed by atoms with E-state index in [4.69, 9.17) is 4.74 Å². The first kappa shape index (κ1) is 12.5. The van der Waals surface area contributed by atoms with Crippen molar-refractivity contribution in [3.05, 3.63) is 30.0 Å². The van der Waals surface area contributed by atoms with Crippen LogP contribution in [0.25, 0.3) is 10.9 Å². The highest BCUT2D eigenvalue weighted by atomic mass is 16.5. The molecule has 1 aliphatic heterocycles. The number of fused-ring (bicyclic) bond motifs is 1. The quantitative estimate of drug-likeness (QED) is 0.861. The molecule has 1 fully saturated rings. The van der Waals surface area contributed by atoms with Gasteiger partial charge in [0.1, 0.15) is 5.75 Å². The average molecular weight is 260 g/mol. The molecule has 1 saturated heterocycles. The Morgan fingerprint density at radius 2 is 2.37 bits per heavy atom. The van der Waals surface area contributed by atoms with E-state index in [0.717, 1.165) is 37.2 Å². The average Bonchev–Trinajstić information content (AvgIpc) is 2.82. The molecule has 1 unspecified atom stereocenters. The van der Waals surface area contributed by atoms with Crippen LogP contribution in [0.5, 0.6) is 5.75 Å². The largest absolute Gasteiger partial charge is 0.496 e. The summed E-state index contributed by atoms with van der Waals surface area (Å²) >= 11 is 0. The van der Waals surface area contributed by atoms with Crippen molar-refractivity contribution in [1.82, 2.24) is 9.88 Å². The van der Waals surface area contributed by atoms with Gasteiger partial charge in [-0.15, -0.1) is 0 Å². The number of ether oxygens (including phenoxy) is 1. The fourth-order valence-corrected chi connectivity index (χ4v) is 2.85. The molecule has 1 aliphatic rings. The Morgan fingerprint density at radius 3 is 3.05 bits per heavy atom. The molecular weight excluding hydrogens is 240 g/mol. The van der Waals surface area contributed by atoms with Gasteiger partial charge in [-0.25, -0.2) is 0 Å². The predicted octanol–water partition coefficient (Wildman–Crippen LogP) is 1.79. The van der Waals surface area contributed by atoms with Crippen LogP contribution in [-0.4, -0.2) is 47.8 Å². The molecule has 2 N–H and O–H groups in total. The number of nitrogens with zero attached hydrogens (tertiary/aromatic N) is 1. The zero-order valence-electron chi connectivity index (χ0n) is 11.2. The number of aromatic amines is 1. The molecule has 1 aromatic carbocycles. The summed E-state index contributed by atoms with van der Waals surface area (Å²) in [6.07, 6.45) is 4.17. The van der Waals surface area contributed by atoms with Gasteiger partial charge in [0, 0.05) is 36.2 Å². The van der Waals surface area contributed by atoms with E-state index >= 15 is 0 Å². The summed E-state index contributed by atoms with van der Waals surface area (Å²) in [7, 11) is 1.71. The van der Waals surface area contributed by atoms with Crippen molar-refractivity contribution < 1.29 is 9.84 Å². The zero-order valence-corrected chi connectivity index (χ0v) is 11.2. The number of hydrogen-bond donors (Lipinski definition) is 2. The minimum Gasteiger partial charge on any atom is -0.496 e. The molecule has 4 heteroatoms. The van der Waals surface area contributed by atoms with E-state index in [0.29, 0.717) is 6.04 Å². The minimum absolute atomic E-state index is 0.275. The lowest BCUT2D eigenvalue weighted by atomic mass is 10.0. The summed E-state index contributed by atoms with van der Waals surface area (Å²) in [6, 6.07) is 6.44. The summed E-state index contributed by atoms with van der Waals surface area (Å²) in [5.41, 5.74) is 2.41. The van der Waals surface area contributed by atoms with E-state index in [1.165, 1.54) is 10.9 Å². The fraction of sp³-hybridized carbons (Fsp3) is 0.467. The molecule has 2 heterocycles. The monoisotopic (exact) mass is 260 g/mol. The summed E-state index contributed by atoms with van der Waals surface area (Å²) in [5, 5.41) is 10.4. The molecule has 2 aromatic rings. The van der Waals surface area contributed by atoms with E-state index in [-0.39, 0.29) is 6.61 Å². The lowest BCUT2D eigenvalue weighted by Gasteiger charge is -2.39. The van der Waals surface area contributed by atoms with E-state index < -0.39 is 0 Å². The van der Waals surface area contributed by atoms with Crippen LogP contribution >= 0.6 is 0 Å². The smallest absolute Gasteiger partial charge is 0.128 e. The van der Waals surface area contributed by atoms with Gasteiger partial charge >= 0.3 is 0 Å². The highest BCUT2D eigenvalue weighted by molar-refractivity contribution is 5.89. The molecule has 4 nitrogen and oxygen atoms in total. The number of methoxy groups -OCH3 is 1. The first-order valence-electron chi connectivity index (χ1n) is 6.81. The maximum absolute atomic E-state index is 9.20. The number of H-pyrrole nitrogens is 1. The number of aliphatic hydroxyl groups is 1. The third kappa shape index (κ3) is 2.22. The van der Waals surface area contributed by atoms with Gasteiger partial charge in [-0.3, -0.25) is 4.90 Å². The molecule has 1 aromatic heterocycles. The van der Waals surface area contributed by atoms with Gasteiger partial charge in [0.15, 0.2) is 0 Å². The maximum Gasteiger partial charge on any atom is 0.128 e. The number of rotatable bonds is 5. The number of nitrogens with one attached hydrogen (secondary N) is 1. The van der Waals surface area contributed by atoms with Crippen LogP contribution in [0.4, 0.5) is 0 Å². The summed E-state index contributed by atoms with van der Waals surface area (Å²) in [5.74, 6) is 0.927. The Kier molecular flexibility index (Phi) is 3.44. The van der Waals surface area contributed by atoms with E-state index in [1.54, 1.807) is 7.11 Å². The van der Waals surface area contributed by atoms with Crippen molar-refractivity contribution in [3.8, 4) is 5.75 Å². The van der Waals surface area contributed by atoms with E-state index in [1.807, 2.05) is 12.1 Å². The van der Waals surface area contributed by atoms with Crippen LogP contribution in [0.15, 0.2) is 24.4 Å². The molecule has 19 heavy (non-hydrogen) atoms. The third-order valence-corrected chi connectivity index (χ3v) is 4.11. The van der Waals surface area contributed by atoms with Gasteiger partial charge in [-0.1, -0.05) is 6.07 Å². The van der Waals surface area contributed by atoms with Crippen molar-refractivity contribution in [3.63, 3.8) is 0 Å². The van der Waals surface area contributed by atoms with Crippen LogP contribution in [-0.2, 0) is 6.42 Å². The maximum atomic E-state index is 9.20. The second-order valence-corrected chi connectivity index (χ2v) is 5.11. The second-order valence-electron chi connectivity index (χ2n) is 5.11. The molecule has 0 saturated carbocycles. The lowest BCUT2D eigenvalue weighted by Crippen LogP contribution is -2.50. The van der Waals surface area contributed by atoms with Gasteiger partial charge < -0.3 is 14.8 Å². The minimum atomic E-state index is 0.275. The number of likely N-dealkylation sites (tertiary alicyclic amines) is 1. The Hall–Kier alpha value is -1.52. The molecule has 0 bridgehead atoms. The van der Waals surface area contributed by atoms with Gasteiger partial charge in [0.05, 0.1) is 13.7 Å². The highest BCUT2D eigenvalue weighted by Crippen LogP contribution is 2.29. The highest BCUT2D eigenvalue weighted by Gasteiger charge is 2.26. The zero-order chi connectivity index (χ0) is 13.2. The first-order valence-corrected chi connectivity index (χ1v) is 6.81. The number of benzene rings is 1. The molecule has 0 spiro atoms. The topological polar surface area (TPSA) is 48.5 Å². The molecule has 0 radical (unpaired) electrons. The van der Waals surface area contributed by atoms with Crippen molar-refractivity contribution in [1.29, 1.82) is 0 Å². The Balaban J connectivity index is 1.77. The second kappa shape index (κ2) is 5.23. The van der Waals surface area contributed by atoms with Gasteiger partial charge in [0.25, 0.3) is 0 Å². The van der Waals surface area contributed by atoms with Crippen LogP contribution in [0, 0.1) is 0 Å². The molecule has 1 atom stereocenters. The molecular formula is C15H20N2O2. The van der Waals surface area contributed by atoms with Crippen molar-refractivity contribution in [2.24, 2.45) is 0 Å². The molecule has 3 rings (SSSR count). The first-order chi connectivity index (χ1) is 9.33. The van der Waals surface area contributed by atoms with Gasteiger partial charge in [0.2, 0.25) is 0 Å². The molecule has 0 amide bonds. The lowest BCUT2D eigenvalue weighted by molar-refractivity contribution is 0.0437. The normalized spacial score (nSPS) is 19.6. The van der Waals surface area contributed by atoms with Crippen molar-refractivity contribution in [2.45, 2.75) is 18.9 Å². The fourth-order valence-electron chi connectivity index (χ4n) is 2.85. The Bertz CT molecular complexity index is 562. The van der Waals surface area contributed by atoms with Gasteiger partial charge in [-0.2, -0.15) is 0 Å². The third-order valence-electron chi connectivity index (χ3n) is 4.11. The summed E-state index contributed by atoms with van der Waals surface area (Å²) < 4.78 is 5.44. The SMILES string of the molecule is COc1cccc2[nH]cc(CCN3CCC3CO)c12. The van der Waals surface area contributed by atoms with Crippen LogP contribution < -0.4 is 4.74 Å². The number of aromatic nitrogens is 1. The molecule has 102 valence electrons. The standard InChI is InChI=1S/C15H20N2O2/c1-19-14-4-2-3-13-15(14)11(9-16-13)5-7-17-8-6-12(17)10-18/h2-4,9,12,16,18H,5-8,10H2,1H3. The molecule has 0 aliphatic carbocycles. The van der Waals surface area contributed by atoms with Crippen LogP contribution in [0.1, 0.15) is 12.0 Å². The summed E-state index contributed by atoms with van der Waals surface area (Å²) in [6.45, 7) is 2.37. The Morgan fingerprint density at radius 1 is 1.47 bits per heavy atom. The van der Waals surface area contributed by atoms with E-state index in [9.17, 15) is 5.11 Å². The number of hydrogen-bond acceptors (Lipinski definition) is 3. The summed E-state index contributed by atoms with van der Waals surface area (Å²) in [4.78, 5) is 5.64.